The quantitative estimate of drug-likeness (QED) is 0.732. The minimum absolute atomic E-state index is 0.0475. The first-order valence-electron chi connectivity index (χ1n) is 6.78. The Kier molecular flexibility index (Phi) is 3.50. The molecule has 2 atom stereocenters. The van der Waals surface area contributed by atoms with Crippen LogP contribution in [0.25, 0.3) is 0 Å². The van der Waals surface area contributed by atoms with E-state index in [1.54, 1.807) is 0 Å². The number of hydrogen-bond acceptors (Lipinski definition) is 7. The van der Waals surface area contributed by atoms with Crippen LogP contribution in [-0.4, -0.2) is 31.2 Å². The van der Waals surface area contributed by atoms with Gasteiger partial charge in [0, 0.05) is 24.3 Å². The molecule has 1 aliphatic rings. The molecule has 5 N–H and O–H groups in total. The largest absolute Gasteiger partial charge is 0.383 e. The Morgan fingerprint density at radius 2 is 1.86 bits per heavy atom. The van der Waals surface area contributed by atoms with Crippen LogP contribution in [0.2, 0.25) is 0 Å². The summed E-state index contributed by atoms with van der Waals surface area (Å²) in [5, 5.41) is 2.12. The highest BCUT2D eigenvalue weighted by Crippen LogP contribution is 2.37. The van der Waals surface area contributed by atoms with Gasteiger partial charge < -0.3 is 11.5 Å². The molecule has 0 amide bonds. The molecule has 8 heteroatoms. The molecule has 0 radical (unpaired) electrons. The first-order chi connectivity index (χ1) is 10.4. The molecule has 1 aliphatic heterocycles. The zero-order valence-electron chi connectivity index (χ0n) is 12.0. The minimum atomic E-state index is -3.39. The van der Waals surface area contributed by atoms with Gasteiger partial charge in [0.1, 0.15) is 11.2 Å². The topological polar surface area (TPSA) is 124 Å². The number of anilines is 2. The predicted molar refractivity (Wildman–Crippen MR) is 84.7 cm³/mol. The van der Waals surface area contributed by atoms with Crippen molar-refractivity contribution in [2.24, 2.45) is 0 Å². The predicted octanol–water partition coefficient (Wildman–Crippen LogP) is 0.419. The SMILES string of the molecule is CS(=O)(=O)C1NCC(c2ccccc2)c2nc(N)nc(N)c21. The van der Waals surface area contributed by atoms with Gasteiger partial charge in [-0.05, 0) is 5.56 Å². The van der Waals surface area contributed by atoms with E-state index in [9.17, 15) is 8.42 Å². The molecule has 2 aromatic rings. The summed E-state index contributed by atoms with van der Waals surface area (Å²) >= 11 is 0. The van der Waals surface area contributed by atoms with Crippen molar-refractivity contribution in [3.05, 3.63) is 47.2 Å². The number of benzene rings is 1. The zero-order chi connectivity index (χ0) is 15.9. The first-order valence-corrected chi connectivity index (χ1v) is 8.73. The van der Waals surface area contributed by atoms with E-state index < -0.39 is 15.2 Å². The molecule has 3 rings (SSSR count). The van der Waals surface area contributed by atoms with Crippen molar-refractivity contribution in [2.75, 3.05) is 24.3 Å². The fraction of sp³-hybridized carbons (Fsp3) is 0.286. The molecule has 1 aromatic carbocycles. The summed E-state index contributed by atoms with van der Waals surface area (Å²) in [4.78, 5) is 8.20. The van der Waals surface area contributed by atoms with E-state index >= 15 is 0 Å². The van der Waals surface area contributed by atoms with Crippen LogP contribution in [0.15, 0.2) is 30.3 Å². The van der Waals surface area contributed by atoms with Crippen molar-refractivity contribution in [3.63, 3.8) is 0 Å². The van der Waals surface area contributed by atoms with Crippen molar-refractivity contribution in [2.45, 2.75) is 11.3 Å². The third kappa shape index (κ3) is 2.51. The second kappa shape index (κ2) is 5.22. The zero-order valence-corrected chi connectivity index (χ0v) is 12.8. The van der Waals surface area contributed by atoms with Crippen LogP contribution in [0, 0.1) is 0 Å². The van der Waals surface area contributed by atoms with E-state index in [4.69, 9.17) is 11.5 Å². The van der Waals surface area contributed by atoms with Gasteiger partial charge in [0.2, 0.25) is 5.95 Å². The summed E-state index contributed by atoms with van der Waals surface area (Å²) in [5.74, 6) is 0.0270. The van der Waals surface area contributed by atoms with Gasteiger partial charge >= 0.3 is 0 Å². The smallest absolute Gasteiger partial charge is 0.222 e. The second-order valence-corrected chi connectivity index (χ2v) is 7.48. The van der Waals surface area contributed by atoms with Crippen LogP contribution in [0.3, 0.4) is 0 Å². The van der Waals surface area contributed by atoms with Crippen LogP contribution in [-0.2, 0) is 9.84 Å². The van der Waals surface area contributed by atoms with Crippen LogP contribution in [0.4, 0.5) is 11.8 Å². The molecule has 7 nitrogen and oxygen atoms in total. The Morgan fingerprint density at radius 3 is 2.50 bits per heavy atom. The third-order valence-electron chi connectivity index (χ3n) is 3.75. The number of aromatic nitrogens is 2. The molecule has 0 spiro atoms. The Bertz CT molecular complexity index is 807. The Labute approximate surface area is 128 Å². The molecule has 0 aliphatic carbocycles. The highest BCUT2D eigenvalue weighted by Gasteiger charge is 2.37. The summed E-state index contributed by atoms with van der Waals surface area (Å²) < 4.78 is 24.0. The molecule has 0 saturated heterocycles. The maximum atomic E-state index is 12.0. The van der Waals surface area contributed by atoms with Crippen molar-refractivity contribution < 1.29 is 8.42 Å². The van der Waals surface area contributed by atoms with Gasteiger partial charge in [-0.3, -0.25) is 5.32 Å². The highest BCUT2D eigenvalue weighted by molar-refractivity contribution is 7.90. The Morgan fingerprint density at radius 1 is 1.18 bits per heavy atom. The average molecular weight is 319 g/mol. The van der Waals surface area contributed by atoms with Gasteiger partial charge in [-0.15, -0.1) is 0 Å². The van der Waals surface area contributed by atoms with Gasteiger partial charge in [0.05, 0.1) is 5.69 Å². The van der Waals surface area contributed by atoms with Gasteiger partial charge in [-0.2, -0.15) is 4.98 Å². The molecule has 22 heavy (non-hydrogen) atoms. The highest BCUT2D eigenvalue weighted by atomic mass is 32.2. The van der Waals surface area contributed by atoms with Crippen molar-refractivity contribution in [1.29, 1.82) is 0 Å². The number of sulfone groups is 1. The monoisotopic (exact) mass is 319 g/mol. The normalized spacial score (nSPS) is 21.3. The number of nitrogen functional groups attached to an aromatic ring is 2. The molecular weight excluding hydrogens is 302 g/mol. The van der Waals surface area contributed by atoms with Gasteiger partial charge in [0.15, 0.2) is 9.84 Å². The summed E-state index contributed by atoms with van der Waals surface area (Å²) in [6.07, 6.45) is 1.16. The third-order valence-corrected chi connectivity index (χ3v) is 5.01. The fourth-order valence-corrected chi connectivity index (χ4v) is 3.88. The van der Waals surface area contributed by atoms with Crippen LogP contribution < -0.4 is 16.8 Å². The van der Waals surface area contributed by atoms with E-state index in [1.165, 1.54) is 0 Å². The second-order valence-electron chi connectivity index (χ2n) is 5.35. The van der Waals surface area contributed by atoms with Crippen molar-refractivity contribution in [3.8, 4) is 0 Å². The minimum Gasteiger partial charge on any atom is -0.383 e. The average Bonchev–Trinajstić information content (AvgIpc) is 2.46. The molecule has 0 fully saturated rings. The number of rotatable bonds is 2. The Hall–Kier alpha value is -2.19. The lowest BCUT2D eigenvalue weighted by Gasteiger charge is -2.31. The van der Waals surface area contributed by atoms with Crippen LogP contribution >= 0.6 is 0 Å². The molecule has 0 saturated carbocycles. The van der Waals surface area contributed by atoms with E-state index in [-0.39, 0.29) is 17.7 Å². The lowest BCUT2D eigenvalue weighted by Crippen LogP contribution is -2.39. The molecule has 2 unspecified atom stereocenters. The molecule has 0 bridgehead atoms. The standard InChI is InChI=1S/C14H17N5O2S/c1-22(20,21)13-10-11(18-14(16)19-12(10)15)9(7-17-13)8-5-3-2-4-6-8/h2-6,9,13,17H,7H2,1H3,(H4,15,16,18,19). The number of nitrogens with one attached hydrogen (secondary N) is 1. The number of hydrogen-bond donors (Lipinski definition) is 3. The maximum absolute atomic E-state index is 12.0. The summed E-state index contributed by atoms with van der Waals surface area (Å²) in [5.41, 5.74) is 13.6. The van der Waals surface area contributed by atoms with Crippen LogP contribution in [0.5, 0.6) is 0 Å². The Balaban J connectivity index is 2.21. The summed E-state index contributed by atoms with van der Waals surface area (Å²) in [6, 6.07) is 9.69. The van der Waals surface area contributed by atoms with Crippen LogP contribution in [0.1, 0.15) is 28.1 Å². The number of fused-ring (bicyclic) bond motifs is 1. The van der Waals surface area contributed by atoms with Crippen molar-refractivity contribution in [1.82, 2.24) is 15.3 Å². The van der Waals surface area contributed by atoms with Gasteiger partial charge in [-0.25, -0.2) is 13.4 Å². The fourth-order valence-electron chi connectivity index (χ4n) is 2.81. The summed E-state index contributed by atoms with van der Waals surface area (Å²) in [6.45, 7) is 0.435. The van der Waals surface area contributed by atoms with Gasteiger partial charge in [-0.1, -0.05) is 30.3 Å². The maximum Gasteiger partial charge on any atom is 0.222 e. The van der Waals surface area contributed by atoms with E-state index in [1.807, 2.05) is 30.3 Å². The van der Waals surface area contributed by atoms with Gasteiger partial charge in [0.25, 0.3) is 0 Å². The van der Waals surface area contributed by atoms with Crippen molar-refractivity contribution >= 4 is 21.6 Å². The molecule has 2 heterocycles. The number of nitrogens with two attached hydrogens (primary N) is 2. The summed E-state index contributed by atoms with van der Waals surface area (Å²) in [7, 11) is -3.39. The lowest BCUT2D eigenvalue weighted by atomic mass is 9.89. The van der Waals surface area contributed by atoms with E-state index in [0.29, 0.717) is 17.8 Å². The lowest BCUT2D eigenvalue weighted by molar-refractivity contribution is 0.521. The van der Waals surface area contributed by atoms with E-state index in [0.717, 1.165) is 11.8 Å². The molecule has 1 aromatic heterocycles. The first kappa shape index (κ1) is 14.7. The molecular formula is C14H17N5O2S. The number of nitrogens with zero attached hydrogens (tertiary/aromatic N) is 2. The van der Waals surface area contributed by atoms with E-state index in [2.05, 4.69) is 15.3 Å². The molecule has 116 valence electrons.